The first kappa shape index (κ1) is 32.2. The van der Waals surface area contributed by atoms with Crippen molar-refractivity contribution < 1.29 is 13.9 Å². The molecule has 1 N–H and O–H groups in total. The van der Waals surface area contributed by atoms with Gasteiger partial charge in [-0.3, -0.25) is 4.79 Å². The number of carbonyl (C=O) groups excluding carboxylic acids is 1. The third kappa shape index (κ3) is 12.2. The highest BCUT2D eigenvalue weighted by Gasteiger charge is 2.11. The fourth-order valence-corrected chi connectivity index (χ4v) is 5.19. The van der Waals surface area contributed by atoms with E-state index in [4.69, 9.17) is 4.74 Å². The lowest BCUT2D eigenvalue weighted by atomic mass is 10.1. The standard InChI is InChI=1S/C31H43FN2O2S.BrH/c1-2-3-4-5-6-7-8-9-10-11-12-13-20-36-30-18-17-28(23-29(30)32)33-31(35)27-16-14-15-26(22-27)24-34-19-21-37-25-34;/h14-19,21-23H,2-13,20,24-25H2,1H3,(H,33,35);1H. The number of unbranched alkanes of at least 4 members (excludes halogenated alkanes) is 11. The number of ether oxygens (including phenoxy) is 1. The lowest BCUT2D eigenvalue weighted by Crippen LogP contribution is -2.15. The molecule has 0 atom stereocenters. The maximum Gasteiger partial charge on any atom is 0.255 e. The van der Waals surface area contributed by atoms with E-state index in [1.165, 1.54) is 70.3 Å². The quantitative estimate of drug-likeness (QED) is 0.171. The molecule has 0 fully saturated rings. The van der Waals surface area contributed by atoms with Crippen LogP contribution in [0.4, 0.5) is 10.1 Å². The number of hydrogen-bond donors (Lipinski definition) is 1. The SMILES string of the molecule is Br.CCCCCCCCCCCCCCOc1ccc(NC(=O)c2cccc(CN3C=CSC3)c2)cc1F. The van der Waals surface area contributed by atoms with Gasteiger partial charge in [0.1, 0.15) is 0 Å². The number of carbonyl (C=O) groups is 1. The van der Waals surface area contributed by atoms with Gasteiger partial charge in [-0.05, 0) is 41.7 Å². The van der Waals surface area contributed by atoms with Crippen LogP contribution in [0.15, 0.2) is 54.1 Å². The number of halogens is 2. The molecule has 1 aliphatic heterocycles. The van der Waals surface area contributed by atoms with Gasteiger partial charge in [-0.15, -0.1) is 28.7 Å². The normalized spacial score (nSPS) is 12.4. The summed E-state index contributed by atoms with van der Waals surface area (Å²) in [6.07, 6.45) is 17.4. The van der Waals surface area contributed by atoms with E-state index in [2.05, 4.69) is 28.7 Å². The molecule has 0 radical (unpaired) electrons. The van der Waals surface area contributed by atoms with Gasteiger partial charge in [-0.2, -0.15) is 0 Å². The Morgan fingerprint density at radius 1 is 0.947 bits per heavy atom. The highest BCUT2D eigenvalue weighted by Crippen LogP contribution is 2.23. The summed E-state index contributed by atoms with van der Waals surface area (Å²) in [5.74, 6) is 0.449. The fourth-order valence-electron chi connectivity index (χ4n) is 4.48. The largest absolute Gasteiger partial charge is 0.491 e. The average molecular weight is 608 g/mol. The van der Waals surface area contributed by atoms with E-state index in [-0.39, 0.29) is 28.6 Å². The van der Waals surface area contributed by atoms with E-state index < -0.39 is 5.82 Å². The second-order valence-electron chi connectivity index (χ2n) is 9.87. The van der Waals surface area contributed by atoms with Crippen molar-refractivity contribution in [3.05, 3.63) is 71.0 Å². The van der Waals surface area contributed by atoms with Crippen molar-refractivity contribution in [1.29, 1.82) is 0 Å². The van der Waals surface area contributed by atoms with Crippen LogP contribution in [0.25, 0.3) is 0 Å². The topological polar surface area (TPSA) is 41.6 Å². The summed E-state index contributed by atoms with van der Waals surface area (Å²) in [6, 6.07) is 12.2. The number of anilines is 1. The monoisotopic (exact) mass is 606 g/mol. The molecule has 0 aromatic heterocycles. The molecule has 7 heteroatoms. The van der Waals surface area contributed by atoms with Crippen LogP contribution in [-0.4, -0.2) is 23.3 Å². The van der Waals surface area contributed by atoms with Crippen molar-refractivity contribution in [2.24, 2.45) is 0 Å². The Morgan fingerprint density at radius 2 is 1.63 bits per heavy atom. The summed E-state index contributed by atoms with van der Waals surface area (Å²) in [4.78, 5) is 14.9. The Labute approximate surface area is 243 Å². The van der Waals surface area contributed by atoms with Crippen LogP contribution in [0, 0.1) is 5.82 Å². The van der Waals surface area contributed by atoms with Crippen LogP contribution in [0.2, 0.25) is 0 Å². The molecule has 1 aliphatic rings. The molecule has 0 saturated heterocycles. The van der Waals surface area contributed by atoms with Crippen molar-refractivity contribution in [3.63, 3.8) is 0 Å². The van der Waals surface area contributed by atoms with Crippen LogP contribution in [0.5, 0.6) is 5.75 Å². The van der Waals surface area contributed by atoms with E-state index in [0.29, 0.717) is 17.9 Å². The van der Waals surface area contributed by atoms with Gasteiger partial charge < -0.3 is 15.0 Å². The molecule has 2 aromatic carbocycles. The lowest BCUT2D eigenvalue weighted by Gasteiger charge is -2.15. The van der Waals surface area contributed by atoms with Gasteiger partial charge in [0.05, 0.1) is 12.5 Å². The molecule has 210 valence electrons. The van der Waals surface area contributed by atoms with Crippen LogP contribution in [0.1, 0.15) is 99.9 Å². The van der Waals surface area contributed by atoms with Gasteiger partial charge in [-0.1, -0.05) is 89.7 Å². The highest BCUT2D eigenvalue weighted by atomic mass is 79.9. The number of hydrogen-bond acceptors (Lipinski definition) is 4. The van der Waals surface area contributed by atoms with E-state index in [0.717, 1.165) is 30.8 Å². The van der Waals surface area contributed by atoms with Crippen LogP contribution in [0.3, 0.4) is 0 Å². The number of benzene rings is 2. The Bertz CT molecular complexity index is 988. The lowest BCUT2D eigenvalue weighted by molar-refractivity contribution is 0.102. The zero-order valence-corrected chi connectivity index (χ0v) is 25.3. The molecule has 0 saturated carbocycles. The summed E-state index contributed by atoms with van der Waals surface area (Å²) < 4.78 is 20.2. The molecule has 2 aromatic rings. The molecule has 38 heavy (non-hydrogen) atoms. The minimum absolute atomic E-state index is 0. The molecule has 0 bridgehead atoms. The minimum atomic E-state index is -0.455. The van der Waals surface area contributed by atoms with Gasteiger partial charge in [-0.25, -0.2) is 4.39 Å². The zero-order chi connectivity index (χ0) is 26.1. The number of rotatable bonds is 18. The Hall–Kier alpha value is -1.99. The molecule has 1 amide bonds. The summed E-state index contributed by atoms with van der Waals surface area (Å²) >= 11 is 1.75. The van der Waals surface area contributed by atoms with Crippen LogP contribution < -0.4 is 10.1 Å². The smallest absolute Gasteiger partial charge is 0.255 e. The number of amides is 1. The Balaban J connectivity index is 0.00000507. The summed E-state index contributed by atoms with van der Waals surface area (Å²) in [5.41, 5.74) is 2.04. The molecule has 4 nitrogen and oxygen atoms in total. The third-order valence-electron chi connectivity index (χ3n) is 6.63. The average Bonchev–Trinajstić information content (AvgIpc) is 3.41. The van der Waals surface area contributed by atoms with Crippen LogP contribution >= 0.6 is 28.7 Å². The summed E-state index contributed by atoms with van der Waals surface area (Å²) in [6.45, 7) is 3.52. The Morgan fingerprint density at radius 3 is 2.26 bits per heavy atom. The van der Waals surface area contributed by atoms with Gasteiger partial charge in [0, 0.05) is 30.1 Å². The van der Waals surface area contributed by atoms with Gasteiger partial charge >= 0.3 is 0 Å². The maximum absolute atomic E-state index is 14.6. The first-order valence-corrected chi connectivity index (χ1v) is 15.1. The highest BCUT2D eigenvalue weighted by molar-refractivity contribution is 8.93. The summed E-state index contributed by atoms with van der Waals surface area (Å²) in [5, 5.41) is 4.86. The Kier molecular flexibility index (Phi) is 16.2. The fraction of sp³-hybridized carbons (Fsp3) is 0.516. The van der Waals surface area contributed by atoms with Crippen LogP contribution in [-0.2, 0) is 6.54 Å². The number of nitrogens with one attached hydrogen (secondary N) is 1. The molecular formula is C31H44BrFN2O2S. The predicted molar refractivity (Wildman–Crippen MR) is 165 cm³/mol. The zero-order valence-electron chi connectivity index (χ0n) is 22.8. The summed E-state index contributed by atoms with van der Waals surface area (Å²) in [7, 11) is 0. The second-order valence-corrected chi connectivity index (χ2v) is 10.7. The van der Waals surface area contributed by atoms with E-state index in [1.54, 1.807) is 30.0 Å². The third-order valence-corrected chi connectivity index (χ3v) is 7.42. The molecule has 0 unspecified atom stereocenters. The van der Waals surface area contributed by atoms with Crippen molar-refractivity contribution in [2.75, 3.05) is 17.8 Å². The van der Waals surface area contributed by atoms with Gasteiger partial charge in [0.15, 0.2) is 11.6 Å². The minimum Gasteiger partial charge on any atom is -0.491 e. The number of nitrogens with zero attached hydrogens (tertiary/aromatic N) is 1. The van der Waals surface area contributed by atoms with Crippen molar-refractivity contribution >= 4 is 40.3 Å². The first-order valence-electron chi connectivity index (χ1n) is 14.0. The van der Waals surface area contributed by atoms with E-state index in [1.807, 2.05) is 18.2 Å². The van der Waals surface area contributed by atoms with Gasteiger partial charge in [0.25, 0.3) is 5.91 Å². The molecule has 1 heterocycles. The number of thioether (sulfide) groups is 1. The van der Waals surface area contributed by atoms with E-state index >= 15 is 0 Å². The molecular weight excluding hydrogens is 563 g/mol. The first-order chi connectivity index (χ1) is 18.2. The van der Waals surface area contributed by atoms with Crippen molar-refractivity contribution in [1.82, 2.24) is 4.90 Å². The maximum atomic E-state index is 14.6. The van der Waals surface area contributed by atoms with Crippen molar-refractivity contribution in [3.8, 4) is 5.75 Å². The van der Waals surface area contributed by atoms with Gasteiger partial charge in [0.2, 0.25) is 0 Å². The second kappa shape index (κ2) is 19.1. The molecule has 3 rings (SSSR count). The van der Waals surface area contributed by atoms with E-state index in [9.17, 15) is 9.18 Å². The predicted octanol–water partition coefficient (Wildman–Crippen LogP) is 9.71. The molecule has 0 spiro atoms. The van der Waals surface area contributed by atoms with Crippen molar-refractivity contribution in [2.45, 2.75) is 90.5 Å². The molecule has 0 aliphatic carbocycles.